The first-order valence-corrected chi connectivity index (χ1v) is 10.1. The number of carbonyl (C=O) groups is 2. The molecule has 1 aromatic carbocycles. The fourth-order valence-corrected chi connectivity index (χ4v) is 4.69. The molecule has 0 saturated carbocycles. The fraction of sp³-hybridized carbons (Fsp3) is 0.429. The van der Waals surface area contributed by atoms with E-state index in [1.807, 2.05) is 31.2 Å². The van der Waals surface area contributed by atoms with Crippen LogP contribution in [0.25, 0.3) is 0 Å². The third kappa shape index (κ3) is 4.69. The van der Waals surface area contributed by atoms with E-state index < -0.39 is 0 Å². The van der Waals surface area contributed by atoms with E-state index in [0.29, 0.717) is 28.8 Å². The van der Waals surface area contributed by atoms with E-state index in [4.69, 9.17) is 9.47 Å². The highest BCUT2D eigenvalue weighted by molar-refractivity contribution is 7.17. The summed E-state index contributed by atoms with van der Waals surface area (Å²) in [7, 11) is 0. The molecule has 0 saturated heterocycles. The number of benzene rings is 1. The van der Waals surface area contributed by atoms with E-state index in [1.54, 1.807) is 6.92 Å². The molecule has 27 heavy (non-hydrogen) atoms. The Kier molecular flexibility index (Phi) is 6.16. The zero-order valence-electron chi connectivity index (χ0n) is 16.0. The lowest BCUT2D eigenvalue weighted by Crippen LogP contribution is -2.21. The van der Waals surface area contributed by atoms with Crippen molar-refractivity contribution >= 4 is 28.2 Å². The number of aryl methyl sites for hydroxylation is 1. The second-order valence-corrected chi connectivity index (χ2v) is 8.03. The second-order valence-electron chi connectivity index (χ2n) is 6.93. The lowest BCUT2D eigenvalue weighted by molar-refractivity contribution is -0.118. The summed E-state index contributed by atoms with van der Waals surface area (Å²) in [6, 6.07) is 7.55. The van der Waals surface area contributed by atoms with Crippen LogP contribution in [0.2, 0.25) is 0 Å². The number of nitrogens with one attached hydrogen (secondary N) is 1. The minimum absolute atomic E-state index is 0.106. The molecule has 0 radical (unpaired) electrons. The van der Waals surface area contributed by atoms with Crippen molar-refractivity contribution in [3.05, 3.63) is 45.8 Å². The van der Waals surface area contributed by atoms with Crippen molar-refractivity contribution in [3.63, 3.8) is 0 Å². The van der Waals surface area contributed by atoms with Gasteiger partial charge in [0.25, 0.3) is 5.91 Å². The normalized spacial score (nSPS) is 15.7. The van der Waals surface area contributed by atoms with Crippen molar-refractivity contribution in [1.82, 2.24) is 0 Å². The van der Waals surface area contributed by atoms with Crippen molar-refractivity contribution in [2.24, 2.45) is 5.92 Å². The molecule has 5 nitrogen and oxygen atoms in total. The van der Waals surface area contributed by atoms with E-state index in [-0.39, 0.29) is 18.5 Å². The van der Waals surface area contributed by atoms with Crippen molar-refractivity contribution < 1.29 is 19.1 Å². The maximum Gasteiger partial charge on any atom is 0.341 e. The van der Waals surface area contributed by atoms with Crippen LogP contribution >= 0.6 is 11.3 Å². The molecule has 2 aromatic rings. The third-order valence-electron chi connectivity index (χ3n) is 4.60. The van der Waals surface area contributed by atoms with Gasteiger partial charge in [0, 0.05) is 4.88 Å². The van der Waals surface area contributed by atoms with Crippen molar-refractivity contribution in [2.45, 2.75) is 40.0 Å². The highest BCUT2D eigenvalue weighted by Crippen LogP contribution is 2.40. The van der Waals surface area contributed by atoms with Crippen molar-refractivity contribution in [2.75, 3.05) is 18.5 Å². The van der Waals surface area contributed by atoms with Gasteiger partial charge < -0.3 is 14.8 Å². The van der Waals surface area contributed by atoms with Gasteiger partial charge in [0.1, 0.15) is 10.8 Å². The molecule has 0 unspecified atom stereocenters. The predicted octanol–water partition coefficient (Wildman–Crippen LogP) is 4.38. The molecule has 0 aliphatic heterocycles. The molecule has 1 amide bonds. The Balaban J connectivity index is 1.75. The molecule has 144 valence electrons. The van der Waals surface area contributed by atoms with Crippen LogP contribution in [0.3, 0.4) is 0 Å². The van der Waals surface area contributed by atoms with Crippen LogP contribution in [0.15, 0.2) is 24.3 Å². The zero-order chi connectivity index (χ0) is 19.4. The summed E-state index contributed by atoms with van der Waals surface area (Å²) in [5, 5.41) is 3.43. The quantitative estimate of drug-likeness (QED) is 0.747. The molecule has 0 bridgehead atoms. The number of thiophene rings is 1. The van der Waals surface area contributed by atoms with Gasteiger partial charge in [-0.05, 0) is 62.3 Å². The van der Waals surface area contributed by atoms with Crippen LogP contribution in [-0.2, 0) is 22.4 Å². The Bertz CT molecular complexity index is 843. The number of rotatable bonds is 6. The number of ether oxygens (including phenoxy) is 2. The Morgan fingerprint density at radius 2 is 2.15 bits per heavy atom. The summed E-state index contributed by atoms with van der Waals surface area (Å²) in [6.45, 7) is 6.16. The molecule has 1 heterocycles. The topological polar surface area (TPSA) is 64.6 Å². The SMILES string of the molecule is CCOC(=O)c1c(NC(=O)COc2cccc(C)c2)sc2c1CC[C@H](C)C2. The van der Waals surface area contributed by atoms with Crippen LogP contribution in [0.4, 0.5) is 5.00 Å². The van der Waals surface area contributed by atoms with Crippen LogP contribution in [0, 0.1) is 12.8 Å². The van der Waals surface area contributed by atoms with Gasteiger partial charge in [0.15, 0.2) is 6.61 Å². The molecular weight excluding hydrogens is 362 g/mol. The van der Waals surface area contributed by atoms with Crippen LogP contribution in [0.5, 0.6) is 5.75 Å². The Morgan fingerprint density at radius 1 is 1.33 bits per heavy atom. The highest BCUT2D eigenvalue weighted by atomic mass is 32.1. The molecule has 0 fully saturated rings. The minimum atomic E-state index is -0.362. The van der Waals surface area contributed by atoms with Crippen molar-refractivity contribution in [1.29, 1.82) is 0 Å². The Hall–Kier alpha value is -2.34. The molecule has 1 N–H and O–H groups in total. The summed E-state index contributed by atoms with van der Waals surface area (Å²) in [6.07, 6.45) is 2.82. The third-order valence-corrected chi connectivity index (χ3v) is 5.77. The van der Waals surface area contributed by atoms with E-state index >= 15 is 0 Å². The lowest BCUT2D eigenvalue weighted by atomic mass is 9.88. The van der Waals surface area contributed by atoms with E-state index in [0.717, 1.165) is 30.4 Å². The first-order chi connectivity index (χ1) is 13.0. The molecule has 1 aliphatic rings. The van der Waals surface area contributed by atoms with Crippen LogP contribution in [0.1, 0.15) is 46.6 Å². The summed E-state index contributed by atoms with van der Waals surface area (Å²) < 4.78 is 10.8. The number of anilines is 1. The van der Waals surface area contributed by atoms with Gasteiger partial charge in [-0.3, -0.25) is 4.79 Å². The first-order valence-electron chi connectivity index (χ1n) is 9.29. The summed E-state index contributed by atoms with van der Waals surface area (Å²) in [5.74, 6) is 0.586. The second kappa shape index (κ2) is 8.57. The number of hydrogen-bond donors (Lipinski definition) is 1. The highest BCUT2D eigenvalue weighted by Gasteiger charge is 2.29. The molecule has 6 heteroatoms. The Morgan fingerprint density at radius 3 is 2.89 bits per heavy atom. The first kappa shape index (κ1) is 19.4. The fourth-order valence-electron chi connectivity index (χ4n) is 3.27. The van der Waals surface area contributed by atoms with Crippen molar-refractivity contribution in [3.8, 4) is 5.75 Å². The molecule has 1 aliphatic carbocycles. The van der Waals surface area contributed by atoms with Gasteiger partial charge >= 0.3 is 5.97 Å². The average Bonchev–Trinajstić information content (AvgIpc) is 2.97. The Labute approximate surface area is 163 Å². The van der Waals surface area contributed by atoms with Gasteiger partial charge in [-0.25, -0.2) is 4.79 Å². The molecule has 1 aromatic heterocycles. The number of esters is 1. The molecular formula is C21H25NO4S. The summed E-state index contributed by atoms with van der Waals surface area (Å²) >= 11 is 1.48. The maximum absolute atomic E-state index is 12.5. The van der Waals surface area contributed by atoms with Gasteiger partial charge in [0.2, 0.25) is 0 Å². The smallest absolute Gasteiger partial charge is 0.341 e. The number of fused-ring (bicyclic) bond motifs is 1. The largest absolute Gasteiger partial charge is 0.484 e. The van der Waals surface area contributed by atoms with E-state index in [1.165, 1.54) is 16.2 Å². The van der Waals surface area contributed by atoms with E-state index in [9.17, 15) is 9.59 Å². The minimum Gasteiger partial charge on any atom is -0.484 e. The van der Waals surface area contributed by atoms with Crippen LogP contribution < -0.4 is 10.1 Å². The van der Waals surface area contributed by atoms with Gasteiger partial charge in [-0.2, -0.15) is 0 Å². The monoisotopic (exact) mass is 387 g/mol. The standard InChI is InChI=1S/C21H25NO4S/c1-4-25-21(24)19-16-9-8-14(3)11-17(16)27-20(19)22-18(23)12-26-15-7-5-6-13(2)10-15/h5-7,10,14H,4,8-9,11-12H2,1-3H3,(H,22,23)/t14-/m0/s1. The number of hydrogen-bond acceptors (Lipinski definition) is 5. The maximum atomic E-state index is 12.5. The number of carbonyl (C=O) groups excluding carboxylic acids is 2. The number of amides is 1. The molecule has 3 rings (SSSR count). The summed E-state index contributed by atoms with van der Waals surface area (Å²) in [5.41, 5.74) is 2.62. The molecule has 1 atom stereocenters. The van der Waals surface area contributed by atoms with Gasteiger partial charge in [-0.1, -0.05) is 19.1 Å². The zero-order valence-corrected chi connectivity index (χ0v) is 16.8. The summed E-state index contributed by atoms with van der Waals surface area (Å²) in [4.78, 5) is 26.1. The van der Waals surface area contributed by atoms with E-state index in [2.05, 4.69) is 12.2 Å². The van der Waals surface area contributed by atoms with Gasteiger partial charge in [0.05, 0.1) is 12.2 Å². The average molecular weight is 388 g/mol. The lowest BCUT2D eigenvalue weighted by Gasteiger charge is -2.18. The van der Waals surface area contributed by atoms with Crippen LogP contribution in [-0.4, -0.2) is 25.1 Å². The van der Waals surface area contributed by atoms with Gasteiger partial charge in [-0.15, -0.1) is 11.3 Å². The predicted molar refractivity (Wildman–Crippen MR) is 107 cm³/mol. The molecule has 0 spiro atoms.